The predicted molar refractivity (Wildman–Crippen MR) is 105 cm³/mol. The van der Waals surface area contributed by atoms with Gasteiger partial charge in [0.05, 0.1) is 21.3 Å². The number of carbonyl (C=O) groups excluding carboxylic acids is 2. The molecule has 3 rings (SSSR count). The van der Waals surface area contributed by atoms with E-state index in [9.17, 15) is 9.59 Å². The number of ether oxygens (including phenoxy) is 3. The quantitative estimate of drug-likeness (QED) is 0.613. The molecule has 3 aromatic rings. The molecule has 0 saturated heterocycles. The zero-order valence-corrected chi connectivity index (χ0v) is 15.9. The van der Waals surface area contributed by atoms with Crippen LogP contribution >= 0.6 is 0 Å². The number of nitrogens with one attached hydrogen (secondary N) is 2. The Bertz CT molecular complexity index is 973. The highest BCUT2D eigenvalue weighted by molar-refractivity contribution is 5.97. The second-order valence-corrected chi connectivity index (χ2v) is 6.21. The molecule has 7 nitrogen and oxygen atoms in total. The minimum atomic E-state index is -0.839. The summed E-state index contributed by atoms with van der Waals surface area (Å²) in [5.41, 5.74) is 2.20. The van der Waals surface area contributed by atoms with Gasteiger partial charge >= 0.3 is 5.97 Å². The first-order chi connectivity index (χ1) is 13.5. The number of carbonyl (C=O) groups is 2. The number of rotatable bonds is 7. The number of esters is 1. The molecule has 146 valence electrons. The van der Waals surface area contributed by atoms with Crippen LogP contribution in [0.25, 0.3) is 10.9 Å². The van der Waals surface area contributed by atoms with Crippen molar-refractivity contribution >= 4 is 22.8 Å². The standard InChI is InChI=1S/C21H22N2O5/c1-26-15-8-13(9-16(11-15)27-2)20(24)23-19(21(25)28-3)10-14-12-22-18-7-5-4-6-17(14)18/h4-9,11-12,19,22H,10H2,1-3H3,(H,23,24)/t19-/m1/s1. The van der Waals surface area contributed by atoms with Crippen molar-refractivity contribution in [1.29, 1.82) is 0 Å². The molecule has 2 N–H and O–H groups in total. The highest BCUT2D eigenvalue weighted by Gasteiger charge is 2.24. The lowest BCUT2D eigenvalue weighted by atomic mass is 10.0. The van der Waals surface area contributed by atoms with Gasteiger partial charge in [0.1, 0.15) is 17.5 Å². The molecular formula is C21H22N2O5. The lowest BCUT2D eigenvalue weighted by Crippen LogP contribution is -2.43. The predicted octanol–water partition coefficient (Wildman–Crippen LogP) is 2.70. The zero-order chi connectivity index (χ0) is 20.1. The van der Waals surface area contributed by atoms with E-state index in [1.165, 1.54) is 21.3 Å². The van der Waals surface area contributed by atoms with Crippen LogP contribution in [0.15, 0.2) is 48.7 Å². The maximum Gasteiger partial charge on any atom is 0.328 e. The molecule has 0 unspecified atom stereocenters. The Morgan fingerprint density at radius 2 is 1.71 bits per heavy atom. The highest BCUT2D eigenvalue weighted by atomic mass is 16.5. The first-order valence-electron chi connectivity index (χ1n) is 8.72. The average molecular weight is 382 g/mol. The Balaban J connectivity index is 1.85. The van der Waals surface area contributed by atoms with Crippen LogP contribution in [-0.2, 0) is 16.0 Å². The van der Waals surface area contributed by atoms with E-state index >= 15 is 0 Å². The Hall–Kier alpha value is -3.48. The van der Waals surface area contributed by atoms with Gasteiger partial charge in [0.15, 0.2) is 0 Å². The van der Waals surface area contributed by atoms with E-state index in [0.29, 0.717) is 23.5 Å². The van der Waals surface area contributed by atoms with Crippen molar-refractivity contribution < 1.29 is 23.8 Å². The third kappa shape index (κ3) is 4.09. The highest BCUT2D eigenvalue weighted by Crippen LogP contribution is 2.23. The molecule has 0 saturated carbocycles. The van der Waals surface area contributed by atoms with Crippen molar-refractivity contribution in [3.05, 3.63) is 59.8 Å². The summed E-state index contributed by atoms with van der Waals surface area (Å²) >= 11 is 0. The van der Waals surface area contributed by atoms with Gasteiger partial charge < -0.3 is 24.5 Å². The maximum atomic E-state index is 12.8. The summed E-state index contributed by atoms with van der Waals surface area (Å²) in [6, 6.07) is 11.8. The fourth-order valence-electron chi connectivity index (χ4n) is 3.04. The number of amides is 1. The SMILES string of the molecule is COC(=O)[C@@H](Cc1c[nH]c2ccccc12)NC(=O)c1cc(OC)cc(OC)c1. The van der Waals surface area contributed by atoms with E-state index in [1.807, 2.05) is 30.5 Å². The normalized spacial score (nSPS) is 11.7. The Morgan fingerprint density at radius 3 is 2.36 bits per heavy atom. The molecule has 0 aliphatic carbocycles. The van der Waals surface area contributed by atoms with Crippen LogP contribution in [0.5, 0.6) is 11.5 Å². The molecule has 0 spiro atoms. The molecule has 0 aliphatic heterocycles. The van der Waals surface area contributed by atoms with E-state index in [2.05, 4.69) is 10.3 Å². The number of aromatic amines is 1. The summed E-state index contributed by atoms with van der Waals surface area (Å²) in [7, 11) is 4.31. The molecule has 2 aromatic carbocycles. The summed E-state index contributed by atoms with van der Waals surface area (Å²) in [6.07, 6.45) is 2.13. The summed E-state index contributed by atoms with van der Waals surface area (Å²) in [6.45, 7) is 0. The smallest absolute Gasteiger partial charge is 0.328 e. The summed E-state index contributed by atoms with van der Waals surface area (Å²) in [5.74, 6) is 0.0208. The van der Waals surface area contributed by atoms with Gasteiger partial charge in [0.2, 0.25) is 0 Å². The van der Waals surface area contributed by atoms with Gasteiger partial charge in [-0.2, -0.15) is 0 Å². The molecule has 0 radical (unpaired) electrons. The van der Waals surface area contributed by atoms with Gasteiger partial charge in [-0.1, -0.05) is 18.2 Å². The summed E-state index contributed by atoms with van der Waals surface area (Å²) in [5, 5.41) is 3.75. The summed E-state index contributed by atoms with van der Waals surface area (Å²) in [4.78, 5) is 28.2. The molecule has 1 heterocycles. The van der Waals surface area contributed by atoms with E-state index in [4.69, 9.17) is 14.2 Å². The van der Waals surface area contributed by atoms with Crippen LogP contribution in [0.2, 0.25) is 0 Å². The molecular weight excluding hydrogens is 360 g/mol. The second kappa shape index (κ2) is 8.47. The molecule has 0 bridgehead atoms. The topological polar surface area (TPSA) is 89.7 Å². The van der Waals surface area contributed by atoms with Crippen molar-refractivity contribution in [1.82, 2.24) is 10.3 Å². The van der Waals surface area contributed by atoms with Crippen molar-refractivity contribution in [2.45, 2.75) is 12.5 Å². The average Bonchev–Trinajstić information content (AvgIpc) is 3.15. The molecule has 1 atom stereocenters. The van der Waals surface area contributed by atoms with Gasteiger partial charge in [-0.05, 0) is 23.8 Å². The lowest BCUT2D eigenvalue weighted by Gasteiger charge is -2.17. The third-order valence-corrected chi connectivity index (χ3v) is 4.50. The number of hydrogen-bond acceptors (Lipinski definition) is 5. The van der Waals surface area contributed by atoms with E-state index in [0.717, 1.165) is 16.5 Å². The van der Waals surface area contributed by atoms with Gasteiger partial charge in [0.25, 0.3) is 5.91 Å². The molecule has 28 heavy (non-hydrogen) atoms. The number of H-pyrrole nitrogens is 1. The molecule has 0 aliphatic rings. The molecule has 7 heteroatoms. The van der Waals surface area contributed by atoms with Crippen LogP contribution in [0.4, 0.5) is 0 Å². The fraction of sp³-hybridized carbons (Fsp3) is 0.238. The largest absolute Gasteiger partial charge is 0.497 e. The van der Waals surface area contributed by atoms with Crippen molar-refractivity contribution in [3.63, 3.8) is 0 Å². The number of benzene rings is 2. The van der Waals surface area contributed by atoms with E-state index in [-0.39, 0.29) is 0 Å². The van der Waals surface area contributed by atoms with Crippen LogP contribution in [-0.4, -0.2) is 44.2 Å². The van der Waals surface area contributed by atoms with E-state index < -0.39 is 17.9 Å². The van der Waals surface area contributed by atoms with Gasteiger partial charge in [-0.25, -0.2) is 4.79 Å². The maximum absolute atomic E-state index is 12.8. The number of aromatic nitrogens is 1. The van der Waals surface area contributed by atoms with Crippen LogP contribution < -0.4 is 14.8 Å². The Kier molecular flexibility index (Phi) is 5.84. The first kappa shape index (κ1) is 19.3. The van der Waals surface area contributed by atoms with Crippen LogP contribution in [0.1, 0.15) is 15.9 Å². The van der Waals surface area contributed by atoms with Gasteiger partial charge in [-0.3, -0.25) is 4.79 Å². The second-order valence-electron chi connectivity index (χ2n) is 6.21. The number of fused-ring (bicyclic) bond motifs is 1. The number of para-hydroxylation sites is 1. The number of methoxy groups -OCH3 is 3. The summed E-state index contributed by atoms with van der Waals surface area (Å²) < 4.78 is 15.3. The van der Waals surface area contributed by atoms with Crippen molar-refractivity contribution in [3.8, 4) is 11.5 Å². The van der Waals surface area contributed by atoms with Crippen molar-refractivity contribution in [2.75, 3.05) is 21.3 Å². The molecule has 1 aromatic heterocycles. The first-order valence-corrected chi connectivity index (χ1v) is 8.72. The number of hydrogen-bond donors (Lipinski definition) is 2. The minimum absolute atomic E-state index is 0.295. The van der Waals surface area contributed by atoms with E-state index in [1.54, 1.807) is 18.2 Å². The fourth-order valence-corrected chi connectivity index (χ4v) is 3.04. The Morgan fingerprint density at radius 1 is 1.04 bits per heavy atom. The van der Waals surface area contributed by atoms with Crippen LogP contribution in [0, 0.1) is 0 Å². The monoisotopic (exact) mass is 382 g/mol. The van der Waals surface area contributed by atoms with Crippen molar-refractivity contribution in [2.24, 2.45) is 0 Å². The third-order valence-electron chi connectivity index (χ3n) is 4.50. The van der Waals surface area contributed by atoms with Crippen LogP contribution in [0.3, 0.4) is 0 Å². The molecule has 1 amide bonds. The van der Waals surface area contributed by atoms with Gasteiger partial charge in [0, 0.05) is 35.2 Å². The van der Waals surface area contributed by atoms with Gasteiger partial charge in [-0.15, -0.1) is 0 Å². The Labute approximate surface area is 162 Å². The zero-order valence-electron chi connectivity index (χ0n) is 15.9. The lowest BCUT2D eigenvalue weighted by molar-refractivity contribution is -0.142. The minimum Gasteiger partial charge on any atom is -0.497 e. The molecule has 0 fully saturated rings.